The van der Waals surface area contributed by atoms with Crippen molar-refractivity contribution < 1.29 is 13.6 Å². The number of amides is 1. The normalized spacial score (nSPS) is 10.8. The molecule has 1 N–H and O–H groups in total. The molecule has 0 saturated carbocycles. The second-order valence-electron chi connectivity index (χ2n) is 5.30. The number of carbonyl (C=O) groups is 1. The maximum atomic E-state index is 13.5. The number of benzene rings is 1. The van der Waals surface area contributed by atoms with E-state index in [-0.39, 0.29) is 17.5 Å². The van der Waals surface area contributed by atoms with Gasteiger partial charge in [-0.15, -0.1) is 21.5 Å². The molecular weight excluding hydrogens is 363 g/mol. The van der Waals surface area contributed by atoms with Crippen LogP contribution in [0.1, 0.15) is 22.2 Å². The minimum absolute atomic E-state index is 0.0902. The summed E-state index contributed by atoms with van der Waals surface area (Å²) in [5.74, 6) is -0.0892. The number of hydrogen-bond donors (Lipinski definition) is 1. The second-order valence-corrected chi connectivity index (χ2v) is 7.29. The fourth-order valence-corrected chi connectivity index (χ4v) is 3.20. The Hall–Kier alpha value is -2.26. The monoisotopic (exact) mass is 378 g/mol. The summed E-state index contributed by atoms with van der Waals surface area (Å²) in [6.45, 7) is 3.60. The Morgan fingerprint density at radius 2 is 2.20 bits per heavy atom. The van der Waals surface area contributed by atoms with E-state index >= 15 is 0 Å². The lowest BCUT2D eigenvalue weighted by atomic mass is 10.2. The molecule has 6 nitrogen and oxygen atoms in total. The summed E-state index contributed by atoms with van der Waals surface area (Å²) in [6, 6.07) is 4.56. The fourth-order valence-electron chi connectivity index (χ4n) is 2.01. The molecule has 130 valence electrons. The Kier molecular flexibility index (Phi) is 5.44. The predicted molar refractivity (Wildman–Crippen MR) is 94.4 cm³/mol. The van der Waals surface area contributed by atoms with Crippen LogP contribution in [-0.2, 0) is 11.2 Å². The van der Waals surface area contributed by atoms with Gasteiger partial charge in [0.15, 0.2) is 0 Å². The van der Waals surface area contributed by atoms with Gasteiger partial charge in [0.1, 0.15) is 5.82 Å². The van der Waals surface area contributed by atoms with Crippen LogP contribution < -0.4 is 5.32 Å². The van der Waals surface area contributed by atoms with Crippen LogP contribution in [0.5, 0.6) is 0 Å². The van der Waals surface area contributed by atoms with E-state index < -0.39 is 0 Å². The molecule has 25 heavy (non-hydrogen) atoms. The van der Waals surface area contributed by atoms with Gasteiger partial charge in [0.05, 0.1) is 22.9 Å². The first-order valence-corrected chi connectivity index (χ1v) is 9.28. The third-order valence-corrected chi connectivity index (χ3v) is 4.87. The van der Waals surface area contributed by atoms with Gasteiger partial charge in [0.25, 0.3) is 5.22 Å². The summed E-state index contributed by atoms with van der Waals surface area (Å²) in [5.41, 5.74) is 1.82. The van der Waals surface area contributed by atoms with Crippen molar-refractivity contribution in [1.82, 2.24) is 15.2 Å². The summed E-state index contributed by atoms with van der Waals surface area (Å²) < 4.78 is 19.0. The number of aryl methyl sites for hydroxylation is 2. The Balaban J connectivity index is 1.51. The lowest BCUT2D eigenvalue weighted by Crippen LogP contribution is -2.14. The largest absolute Gasteiger partial charge is 0.416 e. The van der Waals surface area contributed by atoms with Gasteiger partial charge in [-0.2, -0.15) is 0 Å². The molecule has 1 aromatic carbocycles. The van der Waals surface area contributed by atoms with Gasteiger partial charge in [-0.3, -0.25) is 4.79 Å². The maximum absolute atomic E-state index is 13.5. The van der Waals surface area contributed by atoms with Crippen LogP contribution in [0.15, 0.2) is 33.2 Å². The zero-order chi connectivity index (χ0) is 17.8. The van der Waals surface area contributed by atoms with Crippen molar-refractivity contribution in [3.05, 3.63) is 51.6 Å². The Morgan fingerprint density at radius 3 is 2.92 bits per heavy atom. The van der Waals surface area contributed by atoms with Gasteiger partial charge < -0.3 is 9.73 Å². The second kappa shape index (κ2) is 7.75. The summed E-state index contributed by atoms with van der Waals surface area (Å²) in [7, 11) is 0. The van der Waals surface area contributed by atoms with Crippen molar-refractivity contribution in [2.24, 2.45) is 0 Å². The van der Waals surface area contributed by atoms with Crippen molar-refractivity contribution in [1.29, 1.82) is 0 Å². The molecule has 0 aliphatic carbocycles. The van der Waals surface area contributed by atoms with Crippen molar-refractivity contribution >= 4 is 34.7 Å². The van der Waals surface area contributed by atoms with Crippen molar-refractivity contribution in [3.63, 3.8) is 0 Å². The third-order valence-electron chi connectivity index (χ3n) is 3.23. The van der Waals surface area contributed by atoms with Gasteiger partial charge >= 0.3 is 0 Å². The molecule has 0 aliphatic heterocycles. The molecule has 1 amide bonds. The molecule has 0 bridgehead atoms. The molecule has 0 saturated heterocycles. The minimum atomic E-state index is -0.357. The van der Waals surface area contributed by atoms with E-state index in [0.717, 1.165) is 22.5 Å². The fraction of sp³-hybridized carbons (Fsp3) is 0.250. The number of hydrogen-bond acceptors (Lipinski definition) is 7. The van der Waals surface area contributed by atoms with Gasteiger partial charge in [-0.1, -0.05) is 17.8 Å². The molecule has 0 spiro atoms. The zero-order valence-corrected chi connectivity index (χ0v) is 15.2. The molecule has 2 heterocycles. The van der Waals surface area contributed by atoms with Crippen LogP contribution in [0, 0.1) is 19.7 Å². The molecular formula is C16H15FN4O2S2. The van der Waals surface area contributed by atoms with Crippen molar-refractivity contribution in [2.75, 3.05) is 11.1 Å². The van der Waals surface area contributed by atoms with Gasteiger partial charge in [-0.25, -0.2) is 9.37 Å². The Bertz CT molecular complexity index is 894. The van der Waals surface area contributed by atoms with Crippen LogP contribution in [0.2, 0.25) is 0 Å². The number of halogens is 1. The number of thioether (sulfide) groups is 1. The molecule has 0 atom stereocenters. The van der Waals surface area contributed by atoms with Crippen molar-refractivity contribution in [3.8, 4) is 0 Å². The van der Waals surface area contributed by atoms with Crippen LogP contribution in [-0.4, -0.2) is 26.8 Å². The highest BCUT2D eigenvalue weighted by molar-refractivity contribution is 7.99. The highest BCUT2D eigenvalue weighted by atomic mass is 32.2. The van der Waals surface area contributed by atoms with Crippen LogP contribution in [0.25, 0.3) is 0 Å². The lowest BCUT2D eigenvalue weighted by molar-refractivity contribution is -0.113. The van der Waals surface area contributed by atoms with Crippen molar-refractivity contribution in [2.45, 2.75) is 25.5 Å². The predicted octanol–water partition coefficient (Wildman–Crippen LogP) is 3.60. The highest BCUT2D eigenvalue weighted by Gasteiger charge is 2.12. The third kappa shape index (κ3) is 4.86. The standard InChI is InChI=1S/C16H15FN4O2S2/c1-9-3-4-11(5-13(9)17)19-14(22)8-25-16-21-20-15(23-16)6-12-7-24-10(2)18-12/h3-5,7H,6,8H2,1-2H3,(H,19,22). The summed E-state index contributed by atoms with van der Waals surface area (Å²) in [5, 5.41) is 13.7. The van der Waals surface area contributed by atoms with Crippen LogP contribution >= 0.6 is 23.1 Å². The van der Waals surface area contributed by atoms with E-state index in [2.05, 4.69) is 20.5 Å². The first kappa shape index (κ1) is 17.6. The van der Waals surface area contributed by atoms with E-state index in [1.54, 1.807) is 30.4 Å². The quantitative estimate of drug-likeness (QED) is 0.660. The average Bonchev–Trinajstić information content (AvgIpc) is 3.18. The maximum Gasteiger partial charge on any atom is 0.277 e. The number of rotatable bonds is 6. The Morgan fingerprint density at radius 1 is 1.36 bits per heavy atom. The number of anilines is 1. The van der Waals surface area contributed by atoms with Crippen LogP contribution in [0.3, 0.4) is 0 Å². The first-order valence-electron chi connectivity index (χ1n) is 7.42. The molecule has 0 aliphatic rings. The van der Waals surface area contributed by atoms with E-state index in [0.29, 0.717) is 28.8 Å². The van der Waals surface area contributed by atoms with Gasteiger partial charge in [0, 0.05) is 11.1 Å². The number of aromatic nitrogens is 3. The summed E-state index contributed by atoms with van der Waals surface area (Å²) in [4.78, 5) is 16.3. The van der Waals surface area contributed by atoms with Crippen LogP contribution in [0.4, 0.5) is 10.1 Å². The molecule has 0 fully saturated rings. The average molecular weight is 378 g/mol. The smallest absolute Gasteiger partial charge is 0.277 e. The lowest BCUT2D eigenvalue weighted by Gasteiger charge is -2.05. The van der Waals surface area contributed by atoms with Gasteiger partial charge in [-0.05, 0) is 31.5 Å². The molecule has 9 heteroatoms. The number of thiazole rings is 1. The topological polar surface area (TPSA) is 80.9 Å². The highest BCUT2D eigenvalue weighted by Crippen LogP contribution is 2.19. The SMILES string of the molecule is Cc1nc(Cc2nnc(SCC(=O)Nc3ccc(C)c(F)c3)o2)cs1. The zero-order valence-electron chi connectivity index (χ0n) is 13.6. The molecule has 0 radical (unpaired) electrons. The molecule has 3 aromatic rings. The first-order chi connectivity index (χ1) is 12.0. The minimum Gasteiger partial charge on any atom is -0.416 e. The molecule has 2 aromatic heterocycles. The van der Waals surface area contributed by atoms with E-state index in [4.69, 9.17) is 4.42 Å². The van der Waals surface area contributed by atoms with Gasteiger partial charge in [0.2, 0.25) is 11.8 Å². The van der Waals surface area contributed by atoms with E-state index in [9.17, 15) is 9.18 Å². The summed E-state index contributed by atoms with van der Waals surface area (Å²) in [6.07, 6.45) is 0.465. The molecule has 3 rings (SSSR count). The number of nitrogens with one attached hydrogen (secondary N) is 1. The Labute approximate surface area is 151 Å². The number of nitrogens with zero attached hydrogens (tertiary/aromatic N) is 3. The van der Waals surface area contributed by atoms with E-state index in [1.165, 1.54) is 6.07 Å². The van der Waals surface area contributed by atoms with E-state index in [1.807, 2.05) is 12.3 Å². The molecule has 0 unspecified atom stereocenters. The number of carbonyl (C=O) groups excluding carboxylic acids is 1. The summed E-state index contributed by atoms with van der Waals surface area (Å²) >= 11 is 2.69.